The van der Waals surface area contributed by atoms with E-state index < -0.39 is 21.1 Å². The van der Waals surface area contributed by atoms with Crippen LogP contribution in [0, 0.1) is 12.7 Å². The summed E-state index contributed by atoms with van der Waals surface area (Å²) in [7, 11) is -3.62. The van der Waals surface area contributed by atoms with Gasteiger partial charge in [0.2, 0.25) is 10.0 Å². The van der Waals surface area contributed by atoms with Crippen LogP contribution >= 0.6 is 0 Å². The average molecular weight is 246 g/mol. The molecule has 1 aromatic carbocycles. The highest BCUT2D eigenvalue weighted by Crippen LogP contribution is 2.18. The van der Waals surface area contributed by atoms with Gasteiger partial charge in [-0.2, -0.15) is 0 Å². The van der Waals surface area contributed by atoms with E-state index in [0.29, 0.717) is 0 Å². The van der Waals surface area contributed by atoms with Crippen molar-refractivity contribution in [2.24, 2.45) is 5.73 Å². The second-order valence-corrected chi connectivity index (χ2v) is 5.78. The molecule has 0 aliphatic rings. The van der Waals surface area contributed by atoms with Gasteiger partial charge in [-0.25, -0.2) is 12.8 Å². The third-order valence-corrected chi connectivity index (χ3v) is 3.99. The van der Waals surface area contributed by atoms with Crippen molar-refractivity contribution in [2.75, 3.05) is 11.3 Å². The lowest BCUT2D eigenvalue weighted by Gasteiger charge is -2.13. The van der Waals surface area contributed by atoms with Crippen LogP contribution in [0.1, 0.15) is 12.5 Å². The lowest BCUT2D eigenvalue weighted by atomic mass is 10.2. The van der Waals surface area contributed by atoms with Gasteiger partial charge in [0.1, 0.15) is 5.82 Å². The van der Waals surface area contributed by atoms with E-state index in [-0.39, 0.29) is 12.2 Å². The molecular weight excluding hydrogens is 231 g/mol. The minimum absolute atomic E-state index is 0.0111. The zero-order valence-corrected chi connectivity index (χ0v) is 10.0. The molecule has 0 aliphatic heterocycles. The Bertz CT molecular complexity index is 474. The molecule has 16 heavy (non-hydrogen) atoms. The molecule has 4 nitrogen and oxygen atoms in total. The molecule has 1 unspecified atom stereocenters. The molecule has 0 bridgehead atoms. The third kappa shape index (κ3) is 2.93. The van der Waals surface area contributed by atoms with Gasteiger partial charge in [-0.15, -0.1) is 0 Å². The molecular formula is C10H15FN2O2S. The molecule has 0 aliphatic carbocycles. The Labute approximate surface area is 94.7 Å². The number of nitrogens with one attached hydrogen (secondary N) is 1. The van der Waals surface area contributed by atoms with Gasteiger partial charge in [-0.3, -0.25) is 4.72 Å². The SMILES string of the molecule is Cc1ccc(F)c(NS(=O)(=O)C(C)CN)c1. The summed E-state index contributed by atoms with van der Waals surface area (Å²) in [4.78, 5) is 0. The molecule has 0 saturated carbocycles. The zero-order chi connectivity index (χ0) is 12.3. The Kier molecular flexibility index (Phi) is 3.88. The predicted molar refractivity (Wildman–Crippen MR) is 62.2 cm³/mol. The molecule has 0 radical (unpaired) electrons. The van der Waals surface area contributed by atoms with Gasteiger partial charge in [0.25, 0.3) is 0 Å². The topological polar surface area (TPSA) is 72.2 Å². The van der Waals surface area contributed by atoms with Crippen LogP contribution in [0.3, 0.4) is 0 Å². The van der Waals surface area contributed by atoms with Crippen molar-refractivity contribution in [1.29, 1.82) is 0 Å². The lowest BCUT2D eigenvalue weighted by molar-refractivity contribution is 0.587. The van der Waals surface area contributed by atoms with Crippen LogP contribution in [-0.2, 0) is 10.0 Å². The van der Waals surface area contributed by atoms with Gasteiger partial charge in [-0.1, -0.05) is 6.07 Å². The fourth-order valence-electron chi connectivity index (χ4n) is 1.10. The van der Waals surface area contributed by atoms with Gasteiger partial charge in [0.05, 0.1) is 10.9 Å². The first-order valence-electron chi connectivity index (χ1n) is 4.84. The number of anilines is 1. The molecule has 0 saturated heterocycles. The van der Waals surface area contributed by atoms with Crippen molar-refractivity contribution in [3.05, 3.63) is 29.6 Å². The van der Waals surface area contributed by atoms with Gasteiger partial charge >= 0.3 is 0 Å². The number of rotatable bonds is 4. The van der Waals surface area contributed by atoms with Crippen molar-refractivity contribution in [1.82, 2.24) is 0 Å². The van der Waals surface area contributed by atoms with E-state index in [9.17, 15) is 12.8 Å². The van der Waals surface area contributed by atoms with E-state index in [4.69, 9.17) is 5.73 Å². The van der Waals surface area contributed by atoms with E-state index in [1.165, 1.54) is 19.1 Å². The fraction of sp³-hybridized carbons (Fsp3) is 0.400. The number of hydrogen-bond acceptors (Lipinski definition) is 3. The van der Waals surface area contributed by atoms with Crippen LogP contribution in [0.15, 0.2) is 18.2 Å². The minimum Gasteiger partial charge on any atom is -0.329 e. The molecule has 1 aromatic rings. The average Bonchev–Trinajstić information content (AvgIpc) is 2.22. The summed E-state index contributed by atoms with van der Waals surface area (Å²) in [5.74, 6) is -0.599. The summed E-state index contributed by atoms with van der Waals surface area (Å²) >= 11 is 0. The van der Waals surface area contributed by atoms with E-state index in [1.807, 2.05) is 0 Å². The summed E-state index contributed by atoms with van der Waals surface area (Å²) in [6.07, 6.45) is 0. The molecule has 0 fully saturated rings. The monoisotopic (exact) mass is 246 g/mol. The van der Waals surface area contributed by atoms with Gasteiger partial charge in [-0.05, 0) is 31.5 Å². The van der Waals surface area contributed by atoms with Gasteiger partial charge < -0.3 is 5.73 Å². The van der Waals surface area contributed by atoms with E-state index in [0.717, 1.165) is 5.56 Å². The van der Waals surface area contributed by atoms with Crippen molar-refractivity contribution in [2.45, 2.75) is 19.1 Å². The molecule has 90 valence electrons. The molecule has 1 atom stereocenters. The maximum Gasteiger partial charge on any atom is 0.236 e. The summed E-state index contributed by atoms with van der Waals surface area (Å²) < 4.78 is 38.8. The number of benzene rings is 1. The Morgan fingerprint density at radius 2 is 2.12 bits per heavy atom. The molecule has 0 spiro atoms. The first-order chi connectivity index (χ1) is 7.36. The first kappa shape index (κ1) is 12.9. The molecule has 0 amide bonds. The Morgan fingerprint density at radius 3 is 2.69 bits per heavy atom. The quantitative estimate of drug-likeness (QED) is 0.839. The molecule has 6 heteroatoms. The second kappa shape index (κ2) is 4.80. The van der Waals surface area contributed by atoms with Gasteiger partial charge in [0.15, 0.2) is 0 Å². The van der Waals surface area contributed by atoms with Crippen molar-refractivity contribution in [3.8, 4) is 0 Å². The fourth-order valence-corrected chi connectivity index (χ4v) is 2.02. The highest BCUT2D eigenvalue weighted by atomic mass is 32.2. The number of halogens is 1. The van der Waals surface area contributed by atoms with Crippen LogP contribution in [0.5, 0.6) is 0 Å². The van der Waals surface area contributed by atoms with E-state index >= 15 is 0 Å². The summed E-state index contributed by atoms with van der Waals surface area (Å²) in [5, 5.41) is -0.757. The van der Waals surface area contributed by atoms with Crippen LogP contribution < -0.4 is 10.5 Å². The summed E-state index contributed by atoms with van der Waals surface area (Å²) in [6, 6.07) is 4.23. The van der Waals surface area contributed by atoms with E-state index in [2.05, 4.69) is 4.72 Å². The highest BCUT2D eigenvalue weighted by molar-refractivity contribution is 7.93. The first-order valence-corrected chi connectivity index (χ1v) is 6.39. The molecule has 3 N–H and O–H groups in total. The van der Waals surface area contributed by atoms with Crippen LogP contribution in [0.2, 0.25) is 0 Å². The standard InChI is InChI=1S/C10H15FN2O2S/c1-7-3-4-9(11)10(5-7)13-16(14,15)8(2)6-12/h3-5,8,13H,6,12H2,1-2H3. The van der Waals surface area contributed by atoms with Crippen molar-refractivity contribution in [3.63, 3.8) is 0 Å². The Morgan fingerprint density at radius 1 is 1.50 bits per heavy atom. The van der Waals surface area contributed by atoms with Crippen molar-refractivity contribution < 1.29 is 12.8 Å². The lowest BCUT2D eigenvalue weighted by Crippen LogP contribution is -2.31. The number of sulfonamides is 1. The van der Waals surface area contributed by atoms with Crippen molar-refractivity contribution >= 4 is 15.7 Å². The third-order valence-electron chi connectivity index (χ3n) is 2.24. The minimum atomic E-state index is -3.62. The predicted octanol–water partition coefficient (Wildman–Crippen LogP) is 1.22. The van der Waals surface area contributed by atoms with Gasteiger partial charge in [0, 0.05) is 6.54 Å². The molecule has 0 heterocycles. The number of hydrogen-bond donors (Lipinski definition) is 2. The zero-order valence-electron chi connectivity index (χ0n) is 9.20. The Balaban J connectivity index is 3.01. The molecule has 0 aromatic heterocycles. The van der Waals surface area contributed by atoms with Crippen LogP contribution in [0.4, 0.5) is 10.1 Å². The highest BCUT2D eigenvalue weighted by Gasteiger charge is 2.20. The largest absolute Gasteiger partial charge is 0.329 e. The van der Waals surface area contributed by atoms with E-state index in [1.54, 1.807) is 13.0 Å². The summed E-state index contributed by atoms with van der Waals surface area (Å²) in [6.45, 7) is 3.21. The van der Waals surface area contributed by atoms with Crippen LogP contribution in [0.25, 0.3) is 0 Å². The normalized spacial score (nSPS) is 13.5. The smallest absolute Gasteiger partial charge is 0.236 e. The summed E-state index contributed by atoms with van der Waals surface area (Å²) in [5.41, 5.74) is 6.00. The maximum absolute atomic E-state index is 13.3. The van der Waals surface area contributed by atoms with Crippen LogP contribution in [-0.4, -0.2) is 20.2 Å². The second-order valence-electron chi connectivity index (χ2n) is 3.68. The number of nitrogens with two attached hydrogens (primary N) is 1. The number of aryl methyl sites for hydroxylation is 1. The Hall–Kier alpha value is -1.14. The maximum atomic E-state index is 13.3. The molecule has 1 rings (SSSR count).